The van der Waals surface area contributed by atoms with Gasteiger partial charge >= 0.3 is 0 Å². The van der Waals surface area contributed by atoms with Gasteiger partial charge in [-0.1, -0.05) is 47.1 Å². The zero-order chi connectivity index (χ0) is 23.9. The van der Waals surface area contributed by atoms with Gasteiger partial charge in [0.25, 0.3) is 5.91 Å². The number of amides is 1. The van der Waals surface area contributed by atoms with Crippen LogP contribution in [0.1, 0.15) is 94.4 Å². The molecule has 0 saturated carbocycles. The van der Waals surface area contributed by atoms with Crippen LogP contribution in [-0.2, 0) is 0 Å². The topological polar surface area (TPSA) is 78.4 Å². The first kappa shape index (κ1) is 25.4. The molecule has 3 N–H and O–H groups in total. The third kappa shape index (κ3) is 6.12. The predicted octanol–water partition coefficient (Wildman–Crippen LogP) is 7.03. The number of carbonyl (C=O) groups excluding carboxylic acids is 2. The Labute approximate surface area is 192 Å². The Bertz CT molecular complexity index is 950. The van der Waals surface area contributed by atoms with E-state index in [-0.39, 0.29) is 28.5 Å². The maximum Gasteiger partial charge on any atom is 0.255 e. The monoisotopic (exact) mass is 438 g/mol. The van der Waals surface area contributed by atoms with Crippen molar-refractivity contribution >= 4 is 23.1 Å². The van der Waals surface area contributed by atoms with Crippen molar-refractivity contribution in [2.24, 2.45) is 5.41 Å². The Morgan fingerprint density at radius 1 is 0.875 bits per heavy atom. The zero-order valence-corrected chi connectivity index (χ0v) is 20.3. The Kier molecular flexibility index (Phi) is 8.48. The molecule has 0 aliphatic heterocycles. The average molecular weight is 439 g/mol. The van der Waals surface area contributed by atoms with E-state index in [0.29, 0.717) is 24.1 Å². The number of phenolic OH excluding ortho intramolecular Hbond substituents is 1. The van der Waals surface area contributed by atoms with E-state index >= 15 is 0 Å². The largest absolute Gasteiger partial charge is 0.508 e. The summed E-state index contributed by atoms with van der Waals surface area (Å²) in [4.78, 5) is 26.0. The van der Waals surface area contributed by atoms with Gasteiger partial charge in [0.15, 0.2) is 5.78 Å². The van der Waals surface area contributed by atoms with Crippen LogP contribution in [0, 0.1) is 5.41 Å². The van der Waals surface area contributed by atoms with Crippen LogP contribution in [0.2, 0.25) is 0 Å². The van der Waals surface area contributed by atoms with Crippen molar-refractivity contribution in [2.45, 2.75) is 79.2 Å². The van der Waals surface area contributed by atoms with Crippen molar-refractivity contribution in [1.82, 2.24) is 0 Å². The first-order valence-corrected chi connectivity index (χ1v) is 11.7. The van der Waals surface area contributed by atoms with Gasteiger partial charge < -0.3 is 15.7 Å². The molecular formula is C27H38N2O3. The van der Waals surface area contributed by atoms with E-state index in [9.17, 15) is 14.7 Å². The number of nitrogens with one attached hydrogen (secondary N) is 2. The molecule has 0 saturated heterocycles. The van der Waals surface area contributed by atoms with E-state index in [1.807, 2.05) is 45.0 Å². The van der Waals surface area contributed by atoms with Gasteiger partial charge in [-0.2, -0.15) is 0 Å². The van der Waals surface area contributed by atoms with Crippen LogP contribution in [0.3, 0.4) is 0 Å². The van der Waals surface area contributed by atoms with Crippen molar-refractivity contribution in [3.8, 4) is 5.75 Å². The van der Waals surface area contributed by atoms with Gasteiger partial charge in [0.1, 0.15) is 5.75 Å². The van der Waals surface area contributed by atoms with Crippen LogP contribution in [-0.4, -0.2) is 22.3 Å². The second-order valence-corrected chi connectivity index (χ2v) is 9.19. The molecule has 1 unspecified atom stereocenters. The first-order chi connectivity index (χ1) is 15.1. The third-order valence-electron chi connectivity index (χ3n) is 6.70. The number of phenols is 1. The molecule has 1 atom stereocenters. The number of benzene rings is 2. The lowest BCUT2D eigenvalue weighted by atomic mass is 9.77. The summed E-state index contributed by atoms with van der Waals surface area (Å²) in [6.07, 6.45) is 4.50. The highest BCUT2D eigenvalue weighted by atomic mass is 16.3. The lowest BCUT2D eigenvalue weighted by Crippen LogP contribution is -2.33. The van der Waals surface area contributed by atoms with Gasteiger partial charge in [0.2, 0.25) is 0 Å². The number of ketones is 1. The number of Topliss-reactive ketones (excluding diaryl/α,β-unsaturated/α-hetero) is 1. The fourth-order valence-electron chi connectivity index (χ4n) is 3.90. The minimum absolute atomic E-state index is 0.0108. The smallest absolute Gasteiger partial charge is 0.255 e. The van der Waals surface area contributed by atoms with Gasteiger partial charge in [-0.25, -0.2) is 0 Å². The summed E-state index contributed by atoms with van der Waals surface area (Å²) in [6, 6.07) is 12.0. The van der Waals surface area contributed by atoms with Crippen molar-refractivity contribution in [3.05, 3.63) is 53.6 Å². The minimum Gasteiger partial charge on any atom is -0.508 e. The van der Waals surface area contributed by atoms with Gasteiger partial charge in [-0.05, 0) is 69.0 Å². The van der Waals surface area contributed by atoms with E-state index in [2.05, 4.69) is 31.4 Å². The van der Waals surface area contributed by atoms with Gasteiger partial charge in [-0.3, -0.25) is 9.59 Å². The number of hydrogen-bond acceptors (Lipinski definition) is 4. The van der Waals surface area contributed by atoms with E-state index in [0.717, 1.165) is 24.9 Å². The average Bonchev–Trinajstić information content (AvgIpc) is 2.78. The Morgan fingerprint density at radius 2 is 1.50 bits per heavy atom. The first-order valence-electron chi connectivity index (χ1n) is 11.7. The Morgan fingerprint density at radius 3 is 2.09 bits per heavy atom. The molecule has 174 valence electrons. The summed E-state index contributed by atoms with van der Waals surface area (Å²) >= 11 is 0. The van der Waals surface area contributed by atoms with Crippen molar-refractivity contribution < 1.29 is 14.7 Å². The molecule has 2 aromatic rings. The predicted molar refractivity (Wildman–Crippen MR) is 133 cm³/mol. The zero-order valence-electron chi connectivity index (χ0n) is 20.3. The van der Waals surface area contributed by atoms with Crippen LogP contribution in [0.5, 0.6) is 5.75 Å². The fraction of sp³-hybridized carbons (Fsp3) is 0.481. The maximum atomic E-state index is 13.0. The number of aromatic hydroxyl groups is 1. The maximum absolute atomic E-state index is 13.0. The second-order valence-electron chi connectivity index (χ2n) is 9.19. The molecule has 5 heteroatoms. The fourth-order valence-corrected chi connectivity index (χ4v) is 3.90. The quantitative estimate of drug-likeness (QED) is 0.329. The molecule has 0 radical (unpaired) electrons. The number of rotatable bonds is 11. The molecule has 0 bridgehead atoms. The standard InChI is InChI=1S/C27H38N2O3/c1-7-14-27(6,10-4)29-22-13-11-12-21(18-22)28-25(32)20-15-19(16-23(30)17-20)24(31)26(5,8-2)9-3/h11-13,15-18,29-30H,7-10,14H2,1-6H3,(H,28,32). The number of carbonyl (C=O) groups is 2. The molecule has 0 aliphatic rings. The molecule has 32 heavy (non-hydrogen) atoms. The van der Waals surface area contributed by atoms with Crippen LogP contribution in [0.15, 0.2) is 42.5 Å². The summed E-state index contributed by atoms with van der Waals surface area (Å²) in [7, 11) is 0. The summed E-state index contributed by atoms with van der Waals surface area (Å²) in [5.41, 5.74) is 1.67. The highest BCUT2D eigenvalue weighted by Gasteiger charge is 2.31. The van der Waals surface area contributed by atoms with E-state index < -0.39 is 5.41 Å². The molecule has 2 aromatic carbocycles. The molecule has 0 aromatic heterocycles. The number of hydrogen-bond donors (Lipinski definition) is 3. The summed E-state index contributed by atoms with van der Waals surface area (Å²) in [5.74, 6) is -0.522. The van der Waals surface area contributed by atoms with Crippen LogP contribution >= 0.6 is 0 Å². The summed E-state index contributed by atoms with van der Waals surface area (Å²) in [5, 5.41) is 16.7. The second kappa shape index (κ2) is 10.7. The molecule has 5 nitrogen and oxygen atoms in total. The van der Waals surface area contributed by atoms with Gasteiger partial charge in [-0.15, -0.1) is 0 Å². The Balaban J connectivity index is 2.25. The molecule has 0 aliphatic carbocycles. The van der Waals surface area contributed by atoms with E-state index in [1.54, 1.807) is 6.07 Å². The van der Waals surface area contributed by atoms with Gasteiger partial charge in [0.05, 0.1) is 0 Å². The van der Waals surface area contributed by atoms with Crippen molar-refractivity contribution in [3.63, 3.8) is 0 Å². The van der Waals surface area contributed by atoms with Gasteiger partial charge in [0, 0.05) is 33.5 Å². The molecular weight excluding hydrogens is 400 g/mol. The normalized spacial score (nSPS) is 13.3. The summed E-state index contributed by atoms with van der Waals surface area (Å²) < 4.78 is 0. The molecule has 0 spiro atoms. The molecule has 2 rings (SSSR count). The lowest BCUT2D eigenvalue weighted by molar-refractivity contribution is 0.0802. The minimum atomic E-state index is -0.522. The highest BCUT2D eigenvalue weighted by Crippen LogP contribution is 2.32. The number of anilines is 2. The van der Waals surface area contributed by atoms with Crippen LogP contribution in [0.25, 0.3) is 0 Å². The van der Waals surface area contributed by atoms with Crippen molar-refractivity contribution in [2.75, 3.05) is 10.6 Å². The van der Waals surface area contributed by atoms with Crippen molar-refractivity contribution in [1.29, 1.82) is 0 Å². The lowest BCUT2D eigenvalue weighted by Gasteiger charge is -2.31. The van der Waals surface area contributed by atoms with Crippen LogP contribution < -0.4 is 10.6 Å². The molecule has 1 amide bonds. The van der Waals surface area contributed by atoms with Crippen LogP contribution in [0.4, 0.5) is 11.4 Å². The van der Waals surface area contributed by atoms with E-state index in [1.165, 1.54) is 12.1 Å². The van der Waals surface area contributed by atoms with E-state index in [4.69, 9.17) is 0 Å². The third-order valence-corrected chi connectivity index (χ3v) is 6.70. The summed E-state index contributed by atoms with van der Waals surface area (Å²) in [6.45, 7) is 12.4. The highest BCUT2D eigenvalue weighted by molar-refractivity contribution is 6.08. The molecule has 0 fully saturated rings. The SMILES string of the molecule is CCCC(C)(CC)Nc1cccc(NC(=O)c2cc(O)cc(C(=O)C(C)(CC)CC)c2)c1. The molecule has 0 heterocycles. The Hall–Kier alpha value is -2.82.